The highest BCUT2D eigenvalue weighted by Gasteiger charge is 2.11. The van der Waals surface area contributed by atoms with Crippen LogP contribution in [-0.2, 0) is 16.8 Å². The first-order chi connectivity index (χ1) is 10.6. The van der Waals surface area contributed by atoms with Crippen LogP contribution in [0.3, 0.4) is 0 Å². The molecule has 0 bridgehead atoms. The lowest BCUT2D eigenvalue weighted by Gasteiger charge is -2.09. The zero-order valence-corrected chi connectivity index (χ0v) is 12.8. The monoisotopic (exact) mass is 334 g/mol. The van der Waals surface area contributed by atoms with Crippen molar-refractivity contribution >= 4 is 22.7 Å². The standard InChI is InChI=1S/C14H11ClN4O2S/c15-13-3-4-16-6-12(13)14-7-17-9-19(14)11-2-1-10(18-5-11)8-22(20)21/h1-7,9H,8H2,(H,20,21). The number of halogens is 1. The predicted octanol–water partition coefficient (Wildman–Crippen LogP) is 2.70. The third-order valence-electron chi connectivity index (χ3n) is 3.04. The van der Waals surface area contributed by atoms with Crippen LogP contribution in [0, 0.1) is 0 Å². The molecule has 0 aromatic carbocycles. The molecule has 8 heteroatoms. The Balaban J connectivity index is 1.99. The van der Waals surface area contributed by atoms with Crippen LogP contribution in [0.5, 0.6) is 0 Å². The van der Waals surface area contributed by atoms with Crippen molar-refractivity contribution in [2.75, 3.05) is 0 Å². The molecule has 0 aliphatic carbocycles. The number of hydrogen-bond donors (Lipinski definition) is 1. The topological polar surface area (TPSA) is 80.9 Å². The Labute approximate surface area is 134 Å². The van der Waals surface area contributed by atoms with E-state index in [9.17, 15) is 4.21 Å². The van der Waals surface area contributed by atoms with E-state index in [0.29, 0.717) is 10.7 Å². The first-order valence-corrected chi connectivity index (χ1v) is 7.95. The predicted molar refractivity (Wildman–Crippen MR) is 84.1 cm³/mol. The average Bonchev–Trinajstić information content (AvgIpc) is 2.97. The van der Waals surface area contributed by atoms with Gasteiger partial charge in [-0.15, -0.1) is 0 Å². The lowest BCUT2D eigenvalue weighted by atomic mass is 10.2. The molecule has 0 saturated heterocycles. The summed E-state index contributed by atoms with van der Waals surface area (Å²) in [6, 6.07) is 5.23. The number of nitrogens with zero attached hydrogens (tertiary/aromatic N) is 4. The summed E-state index contributed by atoms with van der Waals surface area (Å²) in [5.41, 5.74) is 2.88. The van der Waals surface area contributed by atoms with Crippen LogP contribution in [0.1, 0.15) is 5.69 Å². The molecule has 112 valence electrons. The van der Waals surface area contributed by atoms with Gasteiger partial charge in [-0.2, -0.15) is 0 Å². The molecule has 0 saturated carbocycles. The Kier molecular flexibility index (Phi) is 4.28. The molecular formula is C14H11ClN4O2S. The van der Waals surface area contributed by atoms with Gasteiger partial charge in [-0.25, -0.2) is 9.19 Å². The van der Waals surface area contributed by atoms with Crippen LogP contribution in [0.2, 0.25) is 5.02 Å². The van der Waals surface area contributed by atoms with E-state index in [1.807, 2.05) is 10.6 Å². The van der Waals surface area contributed by atoms with Crippen LogP contribution < -0.4 is 0 Å². The molecule has 0 aliphatic heterocycles. The van der Waals surface area contributed by atoms with Crippen molar-refractivity contribution in [1.29, 1.82) is 0 Å². The quantitative estimate of drug-likeness (QED) is 0.742. The summed E-state index contributed by atoms with van der Waals surface area (Å²) >= 11 is 4.29. The van der Waals surface area contributed by atoms with E-state index in [1.54, 1.807) is 43.2 Å². The van der Waals surface area contributed by atoms with Crippen molar-refractivity contribution in [1.82, 2.24) is 19.5 Å². The molecule has 1 unspecified atom stereocenters. The highest BCUT2D eigenvalue weighted by molar-refractivity contribution is 7.78. The smallest absolute Gasteiger partial charge is 0.158 e. The van der Waals surface area contributed by atoms with Gasteiger partial charge in [0, 0.05) is 18.0 Å². The number of hydrogen-bond acceptors (Lipinski definition) is 4. The van der Waals surface area contributed by atoms with E-state index in [2.05, 4.69) is 15.0 Å². The number of aromatic nitrogens is 4. The van der Waals surface area contributed by atoms with Crippen LogP contribution in [-0.4, -0.2) is 28.3 Å². The molecule has 22 heavy (non-hydrogen) atoms. The van der Waals surface area contributed by atoms with Gasteiger partial charge >= 0.3 is 0 Å². The molecule has 1 N–H and O–H groups in total. The number of imidazole rings is 1. The molecule has 1 atom stereocenters. The van der Waals surface area contributed by atoms with Gasteiger partial charge in [0.2, 0.25) is 0 Å². The molecule has 0 spiro atoms. The van der Waals surface area contributed by atoms with Gasteiger partial charge in [0.1, 0.15) is 0 Å². The van der Waals surface area contributed by atoms with E-state index in [1.165, 1.54) is 0 Å². The molecule has 6 nitrogen and oxygen atoms in total. The molecule has 0 aliphatic rings. The normalized spacial score (nSPS) is 12.3. The van der Waals surface area contributed by atoms with Crippen LogP contribution in [0.15, 0.2) is 49.3 Å². The van der Waals surface area contributed by atoms with Crippen molar-refractivity contribution in [2.45, 2.75) is 5.75 Å². The summed E-state index contributed by atoms with van der Waals surface area (Å²) in [7, 11) is 0. The first-order valence-electron chi connectivity index (χ1n) is 6.30. The minimum absolute atomic E-state index is 0.00546. The van der Waals surface area contributed by atoms with Crippen molar-refractivity contribution < 1.29 is 8.76 Å². The van der Waals surface area contributed by atoms with Crippen molar-refractivity contribution in [3.63, 3.8) is 0 Å². The summed E-state index contributed by atoms with van der Waals surface area (Å²) in [6.45, 7) is 0. The molecule has 3 aromatic heterocycles. The second-order valence-corrected chi connectivity index (χ2v) is 5.82. The Morgan fingerprint density at radius 1 is 1.18 bits per heavy atom. The summed E-state index contributed by atoms with van der Waals surface area (Å²) in [4.78, 5) is 12.4. The van der Waals surface area contributed by atoms with Crippen molar-refractivity contribution in [2.24, 2.45) is 0 Å². The maximum Gasteiger partial charge on any atom is 0.158 e. The third-order valence-corrected chi connectivity index (χ3v) is 3.91. The van der Waals surface area contributed by atoms with Crippen LogP contribution >= 0.6 is 11.6 Å². The van der Waals surface area contributed by atoms with Gasteiger partial charge in [-0.1, -0.05) is 11.6 Å². The van der Waals surface area contributed by atoms with Crippen LogP contribution in [0.25, 0.3) is 16.9 Å². The molecule has 0 fully saturated rings. The van der Waals surface area contributed by atoms with E-state index in [-0.39, 0.29) is 5.75 Å². The van der Waals surface area contributed by atoms with Gasteiger partial charge in [0.25, 0.3) is 0 Å². The number of pyridine rings is 2. The van der Waals surface area contributed by atoms with Gasteiger partial charge < -0.3 is 4.55 Å². The highest BCUT2D eigenvalue weighted by atomic mass is 35.5. The zero-order valence-electron chi connectivity index (χ0n) is 11.3. The fourth-order valence-electron chi connectivity index (χ4n) is 2.04. The molecule has 0 amide bonds. The summed E-state index contributed by atoms with van der Waals surface area (Å²) in [5, 5.41) is 0.581. The van der Waals surface area contributed by atoms with Gasteiger partial charge in [0.05, 0.1) is 46.6 Å². The van der Waals surface area contributed by atoms with E-state index in [0.717, 1.165) is 16.9 Å². The summed E-state index contributed by atoms with van der Waals surface area (Å²) in [6.07, 6.45) is 8.27. The average molecular weight is 335 g/mol. The fourth-order valence-corrected chi connectivity index (χ4v) is 2.66. The fraction of sp³-hybridized carbons (Fsp3) is 0.0714. The largest absolute Gasteiger partial charge is 0.306 e. The maximum absolute atomic E-state index is 10.8. The third kappa shape index (κ3) is 3.06. The number of rotatable bonds is 4. The molecule has 0 radical (unpaired) electrons. The Hall–Kier alpha value is -2.09. The lowest BCUT2D eigenvalue weighted by molar-refractivity contribution is 0.563. The van der Waals surface area contributed by atoms with Gasteiger partial charge in [-0.3, -0.25) is 14.5 Å². The minimum atomic E-state index is -1.90. The van der Waals surface area contributed by atoms with E-state index in [4.69, 9.17) is 16.2 Å². The van der Waals surface area contributed by atoms with Crippen molar-refractivity contribution in [3.8, 4) is 16.9 Å². The summed E-state index contributed by atoms with van der Waals surface area (Å²) in [5.74, 6) is 0.00546. The van der Waals surface area contributed by atoms with Crippen molar-refractivity contribution in [3.05, 3.63) is 60.0 Å². The Morgan fingerprint density at radius 3 is 2.73 bits per heavy atom. The lowest BCUT2D eigenvalue weighted by Crippen LogP contribution is -2.00. The zero-order chi connectivity index (χ0) is 15.5. The molecule has 3 rings (SSSR count). The summed E-state index contributed by atoms with van der Waals surface area (Å²) < 4.78 is 21.5. The molecule has 3 aromatic rings. The van der Waals surface area contributed by atoms with E-state index < -0.39 is 11.1 Å². The van der Waals surface area contributed by atoms with Gasteiger partial charge in [0.15, 0.2) is 11.1 Å². The first kappa shape index (κ1) is 14.8. The maximum atomic E-state index is 10.8. The second kappa shape index (κ2) is 6.35. The van der Waals surface area contributed by atoms with Gasteiger partial charge in [-0.05, 0) is 18.2 Å². The SMILES string of the molecule is O=S(O)Cc1ccc(-n2cncc2-c2cnccc2Cl)cn1. The Morgan fingerprint density at radius 2 is 2.05 bits per heavy atom. The Bertz CT molecular complexity index is 820. The molecular weight excluding hydrogens is 324 g/mol. The second-order valence-electron chi connectivity index (χ2n) is 4.48. The van der Waals surface area contributed by atoms with E-state index >= 15 is 0 Å². The molecule has 3 heterocycles. The van der Waals surface area contributed by atoms with Crippen LogP contribution in [0.4, 0.5) is 0 Å². The minimum Gasteiger partial charge on any atom is -0.306 e. The highest BCUT2D eigenvalue weighted by Crippen LogP contribution is 2.28.